The van der Waals surface area contributed by atoms with Crippen LogP contribution in [0.25, 0.3) is 0 Å². The number of rotatable bonds is 4. The highest BCUT2D eigenvalue weighted by molar-refractivity contribution is 5.96. The highest BCUT2D eigenvalue weighted by Gasteiger charge is 2.39. The second kappa shape index (κ2) is 10.7. The Morgan fingerprint density at radius 1 is 0.909 bits per heavy atom. The predicted octanol–water partition coefficient (Wildman–Crippen LogP) is 1.25. The van der Waals surface area contributed by atoms with Crippen molar-refractivity contribution < 1.29 is 19.2 Å². The number of urea groups is 1. The molecule has 5 amide bonds. The standard InChI is InChI=1S/C24H33N5O4/c30-21-19(12-7-13-25-21)27-22(31)20-16-28(23(32)17-8-3-1-4-9-17)14-15-29(20)24(33)26-18-10-5-2-6-11-18/h1,3-4,8-9,18-20H,2,5-7,10-16H2,(H,25,30)(H,26,33)(H,27,31)/t19-,20-/m1/s1. The van der Waals surface area contributed by atoms with E-state index in [1.807, 2.05) is 6.07 Å². The van der Waals surface area contributed by atoms with E-state index < -0.39 is 18.0 Å². The summed E-state index contributed by atoms with van der Waals surface area (Å²) in [7, 11) is 0. The highest BCUT2D eigenvalue weighted by Crippen LogP contribution is 2.19. The molecule has 9 nitrogen and oxygen atoms in total. The van der Waals surface area contributed by atoms with Crippen LogP contribution in [-0.4, -0.2) is 77.9 Å². The molecule has 178 valence electrons. The number of amides is 5. The van der Waals surface area contributed by atoms with E-state index in [0.717, 1.165) is 32.1 Å². The van der Waals surface area contributed by atoms with Crippen LogP contribution in [0, 0.1) is 0 Å². The van der Waals surface area contributed by atoms with Crippen molar-refractivity contribution in [2.45, 2.75) is 63.1 Å². The molecular weight excluding hydrogens is 422 g/mol. The van der Waals surface area contributed by atoms with Crippen molar-refractivity contribution >= 4 is 23.8 Å². The number of hydrogen-bond acceptors (Lipinski definition) is 4. The Hall–Kier alpha value is -3.10. The first-order valence-electron chi connectivity index (χ1n) is 12.0. The molecule has 33 heavy (non-hydrogen) atoms. The molecule has 0 bridgehead atoms. The third-order valence-electron chi connectivity index (χ3n) is 6.79. The van der Waals surface area contributed by atoms with E-state index in [0.29, 0.717) is 25.1 Å². The van der Waals surface area contributed by atoms with E-state index in [1.54, 1.807) is 29.2 Å². The zero-order valence-corrected chi connectivity index (χ0v) is 18.9. The van der Waals surface area contributed by atoms with Crippen molar-refractivity contribution in [3.05, 3.63) is 35.9 Å². The van der Waals surface area contributed by atoms with Gasteiger partial charge in [0, 0.05) is 31.2 Å². The Kier molecular flexibility index (Phi) is 7.47. The summed E-state index contributed by atoms with van der Waals surface area (Å²) >= 11 is 0. The summed E-state index contributed by atoms with van der Waals surface area (Å²) in [5, 5.41) is 8.67. The summed E-state index contributed by atoms with van der Waals surface area (Å²) in [6.45, 7) is 1.29. The summed E-state index contributed by atoms with van der Waals surface area (Å²) in [6, 6.07) is 7.29. The van der Waals surface area contributed by atoms with Crippen molar-refractivity contribution in [2.75, 3.05) is 26.2 Å². The molecule has 2 saturated heterocycles. The normalized spacial score (nSPS) is 24.1. The fraction of sp³-hybridized carbons (Fsp3) is 0.583. The first kappa shape index (κ1) is 23.1. The molecule has 3 aliphatic rings. The van der Waals surface area contributed by atoms with Gasteiger partial charge in [-0.15, -0.1) is 0 Å². The van der Waals surface area contributed by atoms with Crippen molar-refractivity contribution in [1.82, 2.24) is 25.8 Å². The number of nitrogens with one attached hydrogen (secondary N) is 3. The number of piperidine rings is 1. The van der Waals surface area contributed by atoms with E-state index in [1.165, 1.54) is 11.3 Å². The first-order valence-corrected chi connectivity index (χ1v) is 12.0. The molecule has 3 N–H and O–H groups in total. The number of piperazine rings is 1. The van der Waals surface area contributed by atoms with Crippen LogP contribution >= 0.6 is 0 Å². The number of hydrogen-bond donors (Lipinski definition) is 3. The molecule has 3 fully saturated rings. The maximum atomic E-state index is 13.3. The second-order valence-electron chi connectivity index (χ2n) is 9.11. The average Bonchev–Trinajstić information content (AvgIpc) is 2.85. The molecule has 2 atom stereocenters. The van der Waals surface area contributed by atoms with Crippen molar-refractivity contribution in [3.63, 3.8) is 0 Å². The molecule has 0 spiro atoms. The van der Waals surface area contributed by atoms with Crippen LogP contribution in [-0.2, 0) is 9.59 Å². The van der Waals surface area contributed by atoms with Gasteiger partial charge in [-0.1, -0.05) is 37.5 Å². The first-order chi connectivity index (χ1) is 16.0. The lowest BCUT2D eigenvalue weighted by atomic mass is 9.95. The van der Waals surface area contributed by atoms with Crippen LogP contribution in [0.4, 0.5) is 4.79 Å². The van der Waals surface area contributed by atoms with Gasteiger partial charge in [-0.2, -0.15) is 0 Å². The molecule has 1 aromatic carbocycles. The number of nitrogens with zero attached hydrogens (tertiary/aromatic N) is 2. The maximum Gasteiger partial charge on any atom is 0.318 e. The molecule has 0 radical (unpaired) electrons. The van der Waals surface area contributed by atoms with Crippen LogP contribution in [0.2, 0.25) is 0 Å². The minimum Gasteiger partial charge on any atom is -0.354 e. The second-order valence-corrected chi connectivity index (χ2v) is 9.11. The molecule has 0 unspecified atom stereocenters. The van der Waals surface area contributed by atoms with Gasteiger partial charge in [0.2, 0.25) is 11.8 Å². The van der Waals surface area contributed by atoms with Crippen LogP contribution in [0.5, 0.6) is 0 Å². The Bertz CT molecular complexity index is 871. The van der Waals surface area contributed by atoms with Gasteiger partial charge in [-0.3, -0.25) is 14.4 Å². The number of carbonyl (C=O) groups excluding carboxylic acids is 4. The third-order valence-corrected chi connectivity index (χ3v) is 6.79. The number of carbonyl (C=O) groups is 4. The van der Waals surface area contributed by atoms with Crippen molar-refractivity contribution in [3.8, 4) is 0 Å². The SMILES string of the molecule is O=C(N[C@@H]1CCCNC1=O)[C@H]1CN(C(=O)c2ccccc2)CCN1C(=O)NC1CCCCC1. The van der Waals surface area contributed by atoms with Crippen LogP contribution in [0.1, 0.15) is 55.3 Å². The van der Waals surface area contributed by atoms with Crippen LogP contribution in [0.3, 0.4) is 0 Å². The average molecular weight is 456 g/mol. The van der Waals surface area contributed by atoms with E-state index in [-0.39, 0.29) is 37.0 Å². The van der Waals surface area contributed by atoms with Gasteiger partial charge in [0.05, 0.1) is 6.54 Å². The van der Waals surface area contributed by atoms with Crippen LogP contribution < -0.4 is 16.0 Å². The molecule has 1 aromatic rings. The summed E-state index contributed by atoms with van der Waals surface area (Å²) < 4.78 is 0. The molecule has 1 aliphatic carbocycles. The Morgan fingerprint density at radius 2 is 1.67 bits per heavy atom. The van der Waals surface area contributed by atoms with E-state index in [9.17, 15) is 19.2 Å². The van der Waals surface area contributed by atoms with Crippen molar-refractivity contribution in [2.24, 2.45) is 0 Å². The van der Waals surface area contributed by atoms with Gasteiger partial charge in [0.25, 0.3) is 5.91 Å². The molecule has 4 rings (SSSR count). The lowest BCUT2D eigenvalue weighted by Gasteiger charge is -2.41. The molecule has 2 heterocycles. The van der Waals surface area contributed by atoms with Crippen LogP contribution in [0.15, 0.2) is 30.3 Å². The maximum absolute atomic E-state index is 13.3. The van der Waals surface area contributed by atoms with E-state index in [2.05, 4.69) is 16.0 Å². The zero-order valence-electron chi connectivity index (χ0n) is 18.9. The van der Waals surface area contributed by atoms with Gasteiger partial charge < -0.3 is 25.8 Å². The molecule has 0 aromatic heterocycles. The minimum atomic E-state index is -0.857. The Morgan fingerprint density at radius 3 is 2.39 bits per heavy atom. The summed E-state index contributed by atoms with van der Waals surface area (Å²) in [4.78, 5) is 54.7. The summed E-state index contributed by atoms with van der Waals surface area (Å²) in [6.07, 6.45) is 6.59. The van der Waals surface area contributed by atoms with E-state index in [4.69, 9.17) is 0 Å². The molecule has 9 heteroatoms. The zero-order chi connectivity index (χ0) is 23.2. The van der Waals surface area contributed by atoms with E-state index >= 15 is 0 Å². The molecule has 1 saturated carbocycles. The quantitative estimate of drug-likeness (QED) is 0.635. The van der Waals surface area contributed by atoms with Gasteiger partial charge in [0.1, 0.15) is 12.1 Å². The third kappa shape index (κ3) is 5.64. The smallest absolute Gasteiger partial charge is 0.318 e. The monoisotopic (exact) mass is 455 g/mol. The fourth-order valence-corrected chi connectivity index (χ4v) is 4.88. The minimum absolute atomic E-state index is 0.0893. The molecule has 2 aliphatic heterocycles. The van der Waals surface area contributed by atoms with Gasteiger partial charge >= 0.3 is 6.03 Å². The Balaban J connectivity index is 1.48. The highest BCUT2D eigenvalue weighted by atomic mass is 16.2. The topological polar surface area (TPSA) is 111 Å². The summed E-state index contributed by atoms with van der Waals surface area (Å²) in [5.74, 6) is -0.779. The van der Waals surface area contributed by atoms with Gasteiger partial charge in [0.15, 0.2) is 0 Å². The van der Waals surface area contributed by atoms with Gasteiger partial charge in [-0.25, -0.2) is 4.79 Å². The fourth-order valence-electron chi connectivity index (χ4n) is 4.88. The van der Waals surface area contributed by atoms with Gasteiger partial charge in [-0.05, 0) is 37.8 Å². The van der Waals surface area contributed by atoms with Crippen molar-refractivity contribution in [1.29, 1.82) is 0 Å². The largest absolute Gasteiger partial charge is 0.354 e. The summed E-state index contributed by atoms with van der Waals surface area (Å²) in [5.41, 5.74) is 0.545. The Labute approximate surface area is 194 Å². The predicted molar refractivity (Wildman–Crippen MR) is 122 cm³/mol. The molecular formula is C24H33N5O4. The number of benzene rings is 1. The lowest BCUT2D eigenvalue weighted by molar-refractivity contribution is -0.133. The lowest BCUT2D eigenvalue weighted by Crippen LogP contribution is -2.65.